The first-order valence-corrected chi connectivity index (χ1v) is 4.91. The molecule has 0 saturated carbocycles. The van der Waals surface area contributed by atoms with Crippen molar-refractivity contribution in [3.63, 3.8) is 0 Å². The van der Waals surface area contributed by atoms with E-state index in [0.29, 0.717) is 0 Å². The van der Waals surface area contributed by atoms with E-state index in [1.807, 2.05) is 30.3 Å². The molecule has 0 saturated heterocycles. The van der Waals surface area contributed by atoms with Crippen molar-refractivity contribution in [1.82, 2.24) is 9.97 Å². The highest BCUT2D eigenvalue weighted by molar-refractivity contribution is 5.17. The molecule has 15 heavy (non-hydrogen) atoms. The fourth-order valence-corrected chi connectivity index (χ4v) is 1.47. The van der Waals surface area contributed by atoms with E-state index in [2.05, 4.69) is 9.97 Å². The minimum absolute atomic E-state index is 0.0112. The average molecular weight is 199 g/mol. The Hall–Kier alpha value is -1.74. The third-order valence-electron chi connectivity index (χ3n) is 2.29. The molecule has 0 aliphatic carbocycles. The lowest BCUT2D eigenvalue weighted by Crippen LogP contribution is -2.13. The van der Waals surface area contributed by atoms with Gasteiger partial charge in [-0.1, -0.05) is 6.07 Å². The minimum atomic E-state index is -0.0112. The SMILES string of the molecule is NC(Cc1ccccn1)c1ccncc1. The van der Waals surface area contributed by atoms with Crippen molar-refractivity contribution in [2.75, 3.05) is 0 Å². The molecule has 2 heterocycles. The van der Waals surface area contributed by atoms with E-state index in [9.17, 15) is 0 Å². The highest BCUT2D eigenvalue weighted by Crippen LogP contribution is 2.13. The Morgan fingerprint density at radius 3 is 2.53 bits per heavy atom. The Labute approximate surface area is 89.0 Å². The van der Waals surface area contributed by atoms with Crippen LogP contribution >= 0.6 is 0 Å². The fraction of sp³-hybridized carbons (Fsp3) is 0.167. The molecular weight excluding hydrogens is 186 g/mol. The Balaban J connectivity index is 2.08. The number of nitrogens with zero attached hydrogens (tertiary/aromatic N) is 2. The zero-order chi connectivity index (χ0) is 10.5. The van der Waals surface area contributed by atoms with Crippen molar-refractivity contribution < 1.29 is 0 Å². The van der Waals surface area contributed by atoms with Gasteiger partial charge in [0.25, 0.3) is 0 Å². The van der Waals surface area contributed by atoms with Crippen LogP contribution < -0.4 is 5.73 Å². The van der Waals surface area contributed by atoms with Crippen LogP contribution in [0.5, 0.6) is 0 Å². The second kappa shape index (κ2) is 4.66. The molecule has 0 aliphatic heterocycles. The van der Waals surface area contributed by atoms with E-state index < -0.39 is 0 Å². The second-order valence-corrected chi connectivity index (χ2v) is 3.41. The predicted molar refractivity (Wildman–Crippen MR) is 59.1 cm³/mol. The Morgan fingerprint density at radius 1 is 1.07 bits per heavy atom. The van der Waals surface area contributed by atoms with Gasteiger partial charge in [0.05, 0.1) is 0 Å². The van der Waals surface area contributed by atoms with Crippen LogP contribution in [0, 0.1) is 0 Å². The summed E-state index contributed by atoms with van der Waals surface area (Å²) in [7, 11) is 0. The third-order valence-corrected chi connectivity index (χ3v) is 2.29. The molecule has 3 nitrogen and oxygen atoms in total. The van der Waals surface area contributed by atoms with Gasteiger partial charge in [0, 0.05) is 36.7 Å². The van der Waals surface area contributed by atoms with Crippen LogP contribution in [0.2, 0.25) is 0 Å². The molecule has 1 atom stereocenters. The number of rotatable bonds is 3. The summed E-state index contributed by atoms with van der Waals surface area (Å²) in [6.07, 6.45) is 6.06. The van der Waals surface area contributed by atoms with Gasteiger partial charge in [-0.25, -0.2) is 0 Å². The molecule has 2 rings (SSSR count). The predicted octanol–water partition coefficient (Wildman–Crippen LogP) is 1.72. The first kappa shape index (κ1) is 9.80. The molecule has 0 spiro atoms. The van der Waals surface area contributed by atoms with Crippen LogP contribution in [0.3, 0.4) is 0 Å². The summed E-state index contributed by atoms with van der Waals surface area (Å²) in [5.41, 5.74) is 8.17. The molecule has 0 aliphatic rings. The lowest BCUT2D eigenvalue weighted by molar-refractivity contribution is 0.705. The highest BCUT2D eigenvalue weighted by Gasteiger charge is 2.06. The van der Waals surface area contributed by atoms with Crippen molar-refractivity contribution >= 4 is 0 Å². The van der Waals surface area contributed by atoms with E-state index in [1.165, 1.54) is 0 Å². The lowest BCUT2D eigenvalue weighted by Gasteiger charge is -2.10. The molecule has 0 bridgehead atoms. The van der Waals surface area contributed by atoms with Gasteiger partial charge in [0.15, 0.2) is 0 Å². The van der Waals surface area contributed by atoms with Crippen molar-refractivity contribution in [1.29, 1.82) is 0 Å². The maximum Gasteiger partial charge on any atom is 0.0422 e. The maximum absolute atomic E-state index is 6.06. The summed E-state index contributed by atoms with van der Waals surface area (Å²) in [5, 5.41) is 0. The van der Waals surface area contributed by atoms with Crippen molar-refractivity contribution in [2.45, 2.75) is 12.5 Å². The van der Waals surface area contributed by atoms with Gasteiger partial charge in [0.1, 0.15) is 0 Å². The molecule has 2 aromatic heterocycles. The maximum atomic E-state index is 6.06. The van der Waals surface area contributed by atoms with Crippen LogP contribution in [-0.4, -0.2) is 9.97 Å². The zero-order valence-electron chi connectivity index (χ0n) is 8.38. The van der Waals surface area contributed by atoms with Crippen LogP contribution in [0.25, 0.3) is 0 Å². The van der Waals surface area contributed by atoms with Gasteiger partial charge in [-0.2, -0.15) is 0 Å². The minimum Gasteiger partial charge on any atom is -0.324 e. The molecule has 0 aromatic carbocycles. The summed E-state index contributed by atoms with van der Waals surface area (Å²) in [6.45, 7) is 0. The van der Waals surface area contributed by atoms with Gasteiger partial charge in [0.2, 0.25) is 0 Å². The quantitative estimate of drug-likeness (QED) is 0.818. The van der Waals surface area contributed by atoms with Gasteiger partial charge >= 0.3 is 0 Å². The van der Waals surface area contributed by atoms with Crippen LogP contribution in [0.4, 0.5) is 0 Å². The van der Waals surface area contributed by atoms with Crippen molar-refractivity contribution in [3.05, 3.63) is 60.2 Å². The molecule has 0 amide bonds. The largest absolute Gasteiger partial charge is 0.324 e. The Bertz CT molecular complexity index is 400. The molecule has 0 radical (unpaired) electrons. The normalized spacial score (nSPS) is 12.3. The molecule has 2 N–H and O–H groups in total. The van der Waals surface area contributed by atoms with E-state index in [4.69, 9.17) is 5.73 Å². The average Bonchev–Trinajstić information content (AvgIpc) is 2.31. The summed E-state index contributed by atoms with van der Waals surface area (Å²) in [4.78, 5) is 8.21. The monoisotopic (exact) mass is 199 g/mol. The molecule has 76 valence electrons. The standard InChI is InChI=1S/C12H13N3/c13-12(10-4-7-14-8-5-10)9-11-3-1-2-6-15-11/h1-8,12H,9,13H2. The van der Waals surface area contributed by atoms with E-state index in [1.54, 1.807) is 18.6 Å². The van der Waals surface area contributed by atoms with Crippen LogP contribution in [0.15, 0.2) is 48.9 Å². The lowest BCUT2D eigenvalue weighted by atomic mass is 10.0. The summed E-state index contributed by atoms with van der Waals surface area (Å²) < 4.78 is 0. The number of hydrogen-bond acceptors (Lipinski definition) is 3. The first-order chi connectivity index (χ1) is 7.36. The van der Waals surface area contributed by atoms with Gasteiger partial charge < -0.3 is 5.73 Å². The van der Waals surface area contributed by atoms with Gasteiger partial charge in [-0.05, 0) is 29.8 Å². The number of aromatic nitrogens is 2. The Morgan fingerprint density at radius 2 is 1.87 bits per heavy atom. The van der Waals surface area contributed by atoms with Gasteiger partial charge in [-0.3, -0.25) is 9.97 Å². The number of nitrogens with two attached hydrogens (primary N) is 1. The Kier molecular flexibility index (Phi) is 3.05. The molecule has 1 unspecified atom stereocenters. The van der Waals surface area contributed by atoms with Gasteiger partial charge in [-0.15, -0.1) is 0 Å². The highest BCUT2D eigenvalue weighted by atomic mass is 14.7. The molecule has 2 aromatic rings. The van der Waals surface area contributed by atoms with Crippen LogP contribution in [0.1, 0.15) is 17.3 Å². The summed E-state index contributed by atoms with van der Waals surface area (Å²) in [5.74, 6) is 0. The third kappa shape index (κ3) is 2.60. The number of hydrogen-bond donors (Lipinski definition) is 1. The molecule has 0 fully saturated rings. The van der Waals surface area contributed by atoms with Crippen molar-refractivity contribution in [3.8, 4) is 0 Å². The smallest absolute Gasteiger partial charge is 0.0422 e. The summed E-state index contributed by atoms with van der Waals surface area (Å²) in [6, 6.07) is 9.73. The van der Waals surface area contributed by atoms with Crippen molar-refractivity contribution in [2.24, 2.45) is 5.73 Å². The van der Waals surface area contributed by atoms with E-state index in [0.717, 1.165) is 17.7 Å². The van der Waals surface area contributed by atoms with Crippen LogP contribution in [-0.2, 0) is 6.42 Å². The summed E-state index contributed by atoms with van der Waals surface area (Å²) >= 11 is 0. The first-order valence-electron chi connectivity index (χ1n) is 4.91. The van der Waals surface area contributed by atoms with E-state index >= 15 is 0 Å². The number of pyridine rings is 2. The zero-order valence-corrected chi connectivity index (χ0v) is 8.38. The fourth-order valence-electron chi connectivity index (χ4n) is 1.47. The molecule has 3 heteroatoms. The second-order valence-electron chi connectivity index (χ2n) is 3.41. The van der Waals surface area contributed by atoms with E-state index in [-0.39, 0.29) is 6.04 Å². The molecular formula is C12H13N3. The topological polar surface area (TPSA) is 51.8 Å².